The third-order valence-electron chi connectivity index (χ3n) is 4.47. The molecule has 1 aliphatic carbocycles. The van der Waals surface area contributed by atoms with Crippen LogP contribution in [0.2, 0.25) is 0 Å². The van der Waals surface area contributed by atoms with Gasteiger partial charge in [-0.1, -0.05) is 31.5 Å². The normalized spacial score (nSPS) is 16.5. The Bertz CT molecular complexity index is 582. The molecular weight excluding hydrogens is 304 g/mol. The molecule has 1 fully saturated rings. The molecule has 5 heteroatoms. The number of hydrogen-bond donors (Lipinski definition) is 3. The first-order valence-corrected chi connectivity index (χ1v) is 8.71. The Kier molecular flexibility index (Phi) is 6.37. The molecule has 0 heterocycles. The topological polar surface area (TPSA) is 78.4 Å². The lowest BCUT2D eigenvalue weighted by Crippen LogP contribution is -2.52. The zero-order valence-corrected chi connectivity index (χ0v) is 14.7. The highest BCUT2D eigenvalue weighted by atomic mass is 16.3. The van der Waals surface area contributed by atoms with Crippen molar-refractivity contribution in [3.05, 3.63) is 35.4 Å². The fourth-order valence-corrected chi connectivity index (χ4v) is 2.88. The molecule has 24 heavy (non-hydrogen) atoms. The SMILES string of the molecule is Cc1cccc(C(=O)NC(C(=O)NC(CCO)C2CC2)C(C)C)c1. The summed E-state index contributed by atoms with van der Waals surface area (Å²) in [5.41, 5.74) is 1.56. The van der Waals surface area contributed by atoms with Gasteiger partial charge in [-0.2, -0.15) is 0 Å². The highest BCUT2D eigenvalue weighted by Crippen LogP contribution is 2.34. The minimum absolute atomic E-state index is 0.000350. The smallest absolute Gasteiger partial charge is 0.251 e. The van der Waals surface area contributed by atoms with Crippen LogP contribution in [0.25, 0.3) is 0 Å². The van der Waals surface area contributed by atoms with Crippen molar-refractivity contribution in [1.82, 2.24) is 10.6 Å². The molecule has 0 saturated heterocycles. The van der Waals surface area contributed by atoms with Crippen molar-refractivity contribution in [3.63, 3.8) is 0 Å². The van der Waals surface area contributed by atoms with E-state index in [1.807, 2.05) is 39.0 Å². The van der Waals surface area contributed by atoms with Gasteiger partial charge in [-0.15, -0.1) is 0 Å². The van der Waals surface area contributed by atoms with E-state index in [2.05, 4.69) is 10.6 Å². The Morgan fingerprint density at radius 3 is 2.50 bits per heavy atom. The number of aliphatic hydroxyl groups is 1. The maximum atomic E-state index is 12.6. The number of rotatable bonds is 8. The van der Waals surface area contributed by atoms with Gasteiger partial charge in [0.1, 0.15) is 6.04 Å². The van der Waals surface area contributed by atoms with Gasteiger partial charge in [0.05, 0.1) is 0 Å². The van der Waals surface area contributed by atoms with Gasteiger partial charge in [-0.05, 0) is 50.2 Å². The second-order valence-electron chi connectivity index (χ2n) is 7.03. The molecule has 0 radical (unpaired) electrons. The molecule has 2 unspecified atom stereocenters. The van der Waals surface area contributed by atoms with Gasteiger partial charge in [-0.3, -0.25) is 9.59 Å². The number of nitrogens with one attached hydrogen (secondary N) is 2. The van der Waals surface area contributed by atoms with E-state index in [1.54, 1.807) is 6.07 Å². The van der Waals surface area contributed by atoms with Crippen LogP contribution in [0.5, 0.6) is 0 Å². The van der Waals surface area contributed by atoms with Crippen molar-refractivity contribution in [3.8, 4) is 0 Å². The van der Waals surface area contributed by atoms with Gasteiger partial charge in [0.2, 0.25) is 5.91 Å². The number of benzene rings is 1. The van der Waals surface area contributed by atoms with E-state index in [-0.39, 0.29) is 30.4 Å². The van der Waals surface area contributed by atoms with Crippen LogP contribution in [-0.2, 0) is 4.79 Å². The zero-order valence-electron chi connectivity index (χ0n) is 14.7. The molecule has 0 spiro atoms. The monoisotopic (exact) mass is 332 g/mol. The van der Waals surface area contributed by atoms with Crippen molar-refractivity contribution in [2.75, 3.05) is 6.61 Å². The predicted molar refractivity (Wildman–Crippen MR) is 93.6 cm³/mol. The van der Waals surface area contributed by atoms with E-state index in [1.165, 1.54) is 0 Å². The number of hydrogen-bond acceptors (Lipinski definition) is 3. The molecule has 0 aliphatic heterocycles. The Hall–Kier alpha value is -1.88. The fourth-order valence-electron chi connectivity index (χ4n) is 2.88. The van der Waals surface area contributed by atoms with E-state index >= 15 is 0 Å². The number of amides is 2. The maximum Gasteiger partial charge on any atom is 0.251 e. The van der Waals surface area contributed by atoms with Crippen LogP contribution in [0.15, 0.2) is 24.3 Å². The summed E-state index contributed by atoms with van der Waals surface area (Å²) in [6, 6.07) is 6.73. The predicted octanol–water partition coefficient (Wildman–Crippen LogP) is 2.03. The van der Waals surface area contributed by atoms with Crippen molar-refractivity contribution in [2.45, 2.75) is 52.1 Å². The Morgan fingerprint density at radius 2 is 1.96 bits per heavy atom. The lowest BCUT2D eigenvalue weighted by atomic mass is 10.0. The fraction of sp³-hybridized carbons (Fsp3) is 0.579. The van der Waals surface area contributed by atoms with Crippen LogP contribution in [0.4, 0.5) is 0 Å². The molecule has 132 valence electrons. The first-order valence-electron chi connectivity index (χ1n) is 8.71. The molecule has 3 N–H and O–H groups in total. The minimum atomic E-state index is -0.585. The lowest BCUT2D eigenvalue weighted by molar-refractivity contribution is -0.124. The standard InChI is InChI=1S/C19H28N2O3/c1-12(2)17(19(24)20-16(9-10-22)14-7-8-14)21-18(23)15-6-4-5-13(3)11-15/h4-6,11-12,14,16-17,22H,7-10H2,1-3H3,(H,20,24)(H,21,23). The summed E-state index contributed by atoms with van der Waals surface area (Å²) in [7, 11) is 0. The molecule has 2 atom stereocenters. The summed E-state index contributed by atoms with van der Waals surface area (Å²) >= 11 is 0. The van der Waals surface area contributed by atoms with Crippen molar-refractivity contribution < 1.29 is 14.7 Å². The van der Waals surface area contributed by atoms with Gasteiger partial charge >= 0.3 is 0 Å². The van der Waals surface area contributed by atoms with E-state index < -0.39 is 6.04 Å². The molecule has 5 nitrogen and oxygen atoms in total. The van der Waals surface area contributed by atoms with Crippen molar-refractivity contribution in [1.29, 1.82) is 0 Å². The molecule has 1 saturated carbocycles. The van der Waals surface area contributed by atoms with E-state index in [9.17, 15) is 14.7 Å². The van der Waals surface area contributed by atoms with Crippen molar-refractivity contribution >= 4 is 11.8 Å². The number of aliphatic hydroxyl groups excluding tert-OH is 1. The number of carbonyl (C=O) groups excluding carboxylic acids is 2. The summed E-state index contributed by atoms with van der Waals surface area (Å²) < 4.78 is 0. The highest BCUT2D eigenvalue weighted by Gasteiger charge is 2.34. The van der Waals surface area contributed by atoms with Gasteiger partial charge < -0.3 is 15.7 Å². The Morgan fingerprint density at radius 1 is 1.25 bits per heavy atom. The molecule has 2 amide bonds. The zero-order chi connectivity index (χ0) is 17.7. The second-order valence-corrected chi connectivity index (χ2v) is 7.03. The molecule has 2 rings (SSSR count). The summed E-state index contributed by atoms with van der Waals surface area (Å²) in [6.45, 7) is 5.82. The lowest BCUT2D eigenvalue weighted by Gasteiger charge is -2.25. The van der Waals surface area contributed by atoms with Gasteiger partial charge in [0.15, 0.2) is 0 Å². The van der Waals surface area contributed by atoms with Crippen LogP contribution in [0.3, 0.4) is 0 Å². The molecule has 1 aromatic carbocycles. The van der Waals surface area contributed by atoms with Crippen LogP contribution >= 0.6 is 0 Å². The van der Waals surface area contributed by atoms with E-state index in [0.29, 0.717) is 17.9 Å². The highest BCUT2D eigenvalue weighted by molar-refractivity contribution is 5.97. The quantitative estimate of drug-likeness (QED) is 0.681. The summed E-state index contributed by atoms with van der Waals surface area (Å²) in [4.78, 5) is 25.1. The summed E-state index contributed by atoms with van der Waals surface area (Å²) in [5, 5.41) is 15.0. The molecule has 1 aromatic rings. The minimum Gasteiger partial charge on any atom is -0.396 e. The van der Waals surface area contributed by atoms with Gasteiger partial charge in [0.25, 0.3) is 5.91 Å². The first kappa shape index (κ1) is 18.5. The molecular formula is C19H28N2O3. The van der Waals surface area contributed by atoms with Crippen LogP contribution in [-0.4, -0.2) is 35.6 Å². The Labute approximate surface area is 143 Å². The van der Waals surface area contributed by atoms with E-state index in [0.717, 1.165) is 18.4 Å². The average Bonchev–Trinajstić information content (AvgIpc) is 3.36. The third kappa shape index (κ3) is 5.06. The first-order chi connectivity index (χ1) is 11.4. The number of carbonyl (C=O) groups is 2. The second kappa shape index (κ2) is 8.29. The third-order valence-corrected chi connectivity index (χ3v) is 4.47. The largest absolute Gasteiger partial charge is 0.396 e. The Balaban J connectivity index is 2.02. The van der Waals surface area contributed by atoms with Gasteiger partial charge in [0, 0.05) is 18.2 Å². The summed E-state index contributed by atoms with van der Waals surface area (Å²) in [5.74, 6) is 0.0307. The molecule has 0 bridgehead atoms. The van der Waals surface area contributed by atoms with Crippen LogP contribution < -0.4 is 10.6 Å². The van der Waals surface area contributed by atoms with E-state index in [4.69, 9.17) is 0 Å². The van der Waals surface area contributed by atoms with Gasteiger partial charge in [-0.25, -0.2) is 0 Å². The van der Waals surface area contributed by atoms with Crippen LogP contribution in [0, 0.1) is 18.8 Å². The van der Waals surface area contributed by atoms with Crippen molar-refractivity contribution in [2.24, 2.45) is 11.8 Å². The summed E-state index contributed by atoms with van der Waals surface area (Å²) in [6.07, 6.45) is 2.74. The molecule has 0 aromatic heterocycles. The number of aryl methyl sites for hydroxylation is 1. The average molecular weight is 332 g/mol. The molecule has 1 aliphatic rings. The maximum absolute atomic E-state index is 12.6. The van der Waals surface area contributed by atoms with Crippen LogP contribution in [0.1, 0.15) is 49.0 Å².